The third-order valence-electron chi connectivity index (χ3n) is 3.58. The molecule has 0 saturated carbocycles. The van der Waals surface area contributed by atoms with E-state index in [1.807, 2.05) is 13.0 Å². The number of rotatable bonds is 4. The van der Waals surface area contributed by atoms with Gasteiger partial charge < -0.3 is 14.6 Å². The van der Waals surface area contributed by atoms with Crippen LogP contribution in [0.25, 0.3) is 0 Å². The Morgan fingerprint density at radius 2 is 2.26 bits per heavy atom. The molecular formula is C15H23NO3. The maximum Gasteiger partial charge on any atom is 0.126 e. The molecule has 4 nitrogen and oxygen atoms in total. The molecule has 1 unspecified atom stereocenters. The first-order chi connectivity index (χ1) is 9.08. The van der Waals surface area contributed by atoms with Crippen LogP contribution in [0.3, 0.4) is 0 Å². The smallest absolute Gasteiger partial charge is 0.126 e. The number of phenols is 1. The van der Waals surface area contributed by atoms with Gasteiger partial charge in [-0.25, -0.2) is 0 Å². The monoisotopic (exact) mass is 265 g/mol. The second kappa shape index (κ2) is 6.26. The molecule has 0 aliphatic carbocycles. The molecule has 0 aromatic heterocycles. The van der Waals surface area contributed by atoms with Crippen LogP contribution in [-0.4, -0.2) is 48.5 Å². The highest BCUT2D eigenvalue weighted by Gasteiger charge is 2.22. The molecule has 1 aromatic carbocycles. The van der Waals surface area contributed by atoms with Gasteiger partial charge in [0.15, 0.2) is 0 Å². The van der Waals surface area contributed by atoms with Gasteiger partial charge in [0.05, 0.1) is 6.61 Å². The van der Waals surface area contributed by atoms with Gasteiger partial charge in [-0.05, 0) is 32.9 Å². The van der Waals surface area contributed by atoms with Crippen LogP contribution in [0.5, 0.6) is 11.5 Å². The van der Waals surface area contributed by atoms with Crippen LogP contribution in [0.15, 0.2) is 18.2 Å². The highest BCUT2D eigenvalue weighted by molar-refractivity contribution is 5.42. The predicted octanol–water partition coefficient (Wildman–Crippen LogP) is 2.19. The van der Waals surface area contributed by atoms with Gasteiger partial charge in [-0.2, -0.15) is 0 Å². The largest absolute Gasteiger partial charge is 0.508 e. The molecule has 19 heavy (non-hydrogen) atoms. The summed E-state index contributed by atoms with van der Waals surface area (Å²) in [5, 5.41) is 9.63. The molecule has 1 aliphatic rings. The van der Waals surface area contributed by atoms with Gasteiger partial charge >= 0.3 is 0 Å². The summed E-state index contributed by atoms with van der Waals surface area (Å²) in [6.45, 7) is 9.41. The molecule has 1 aromatic rings. The van der Waals surface area contributed by atoms with Crippen LogP contribution in [-0.2, 0) is 4.74 Å². The fourth-order valence-electron chi connectivity index (χ4n) is 2.25. The maximum absolute atomic E-state index is 9.63. The van der Waals surface area contributed by atoms with Gasteiger partial charge in [0.25, 0.3) is 0 Å². The highest BCUT2D eigenvalue weighted by atomic mass is 16.5. The summed E-state index contributed by atoms with van der Waals surface area (Å²) in [5.41, 5.74) is 0.777. The number of benzene rings is 1. The lowest BCUT2D eigenvalue weighted by atomic mass is 10.2. The van der Waals surface area contributed by atoms with Crippen LogP contribution in [0.4, 0.5) is 0 Å². The standard InChI is InChI=1S/C15H23NO3/c1-11(2)16-7-8-18-13(9-16)10-19-15-6-4-5-14(17)12(15)3/h4-6,11,13,17H,7-10H2,1-3H3. The van der Waals surface area contributed by atoms with Crippen molar-refractivity contribution >= 4 is 0 Å². The Balaban J connectivity index is 1.90. The van der Waals surface area contributed by atoms with E-state index < -0.39 is 0 Å². The van der Waals surface area contributed by atoms with Crippen molar-refractivity contribution < 1.29 is 14.6 Å². The molecule has 1 heterocycles. The van der Waals surface area contributed by atoms with Crippen LogP contribution < -0.4 is 4.74 Å². The SMILES string of the molecule is Cc1c(O)cccc1OCC1CN(C(C)C)CCO1. The summed E-state index contributed by atoms with van der Waals surface area (Å²) in [4.78, 5) is 2.40. The highest BCUT2D eigenvalue weighted by Crippen LogP contribution is 2.26. The Hall–Kier alpha value is -1.26. The molecule has 2 rings (SSSR count). The van der Waals surface area contributed by atoms with Gasteiger partial charge in [0, 0.05) is 24.7 Å². The second-order valence-electron chi connectivity index (χ2n) is 5.29. The van der Waals surface area contributed by atoms with Crippen molar-refractivity contribution in [2.75, 3.05) is 26.3 Å². The van der Waals surface area contributed by atoms with E-state index in [0.717, 1.165) is 31.0 Å². The van der Waals surface area contributed by atoms with Crippen molar-refractivity contribution in [2.24, 2.45) is 0 Å². The number of morpholine rings is 1. The Kier molecular flexibility index (Phi) is 4.66. The molecule has 0 amide bonds. The van der Waals surface area contributed by atoms with Gasteiger partial charge in [0.2, 0.25) is 0 Å². The molecule has 0 bridgehead atoms. The van der Waals surface area contributed by atoms with E-state index in [1.165, 1.54) is 0 Å². The quantitative estimate of drug-likeness (QED) is 0.906. The molecule has 0 spiro atoms. The number of phenolic OH excluding ortho intramolecular Hbond substituents is 1. The zero-order chi connectivity index (χ0) is 13.8. The van der Waals surface area contributed by atoms with Crippen LogP contribution in [0.2, 0.25) is 0 Å². The third kappa shape index (κ3) is 3.61. The first kappa shape index (κ1) is 14.2. The molecule has 1 saturated heterocycles. The van der Waals surface area contributed by atoms with Crippen molar-refractivity contribution in [1.82, 2.24) is 4.90 Å². The maximum atomic E-state index is 9.63. The summed E-state index contributed by atoms with van der Waals surface area (Å²) in [6, 6.07) is 5.87. The summed E-state index contributed by atoms with van der Waals surface area (Å²) in [6.07, 6.45) is 0.0953. The topological polar surface area (TPSA) is 41.9 Å². The Morgan fingerprint density at radius 3 is 3.00 bits per heavy atom. The number of nitrogens with zero attached hydrogens (tertiary/aromatic N) is 1. The van der Waals surface area contributed by atoms with Crippen molar-refractivity contribution in [3.05, 3.63) is 23.8 Å². The summed E-state index contributed by atoms with van der Waals surface area (Å²) in [5.74, 6) is 0.996. The minimum absolute atomic E-state index is 0.0953. The average molecular weight is 265 g/mol. The number of hydrogen-bond donors (Lipinski definition) is 1. The summed E-state index contributed by atoms with van der Waals surface area (Å²) < 4.78 is 11.5. The van der Waals surface area contributed by atoms with E-state index in [2.05, 4.69) is 18.7 Å². The normalized spacial score (nSPS) is 20.7. The predicted molar refractivity (Wildman–Crippen MR) is 74.8 cm³/mol. The van der Waals surface area contributed by atoms with Gasteiger partial charge in [-0.15, -0.1) is 0 Å². The molecule has 4 heteroatoms. The van der Waals surface area contributed by atoms with E-state index in [9.17, 15) is 5.11 Å². The molecule has 1 aliphatic heterocycles. The summed E-state index contributed by atoms with van der Waals surface area (Å²) in [7, 11) is 0. The zero-order valence-corrected chi connectivity index (χ0v) is 11.9. The van der Waals surface area contributed by atoms with Crippen molar-refractivity contribution in [3.63, 3.8) is 0 Å². The lowest BCUT2D eigenvalue weighted by Gasteiger charge is -2.35. The second-order valence-corrected chi connectivity index (χ2v) is 5.29. The van der Waals surface area contributed by atoms with E-state index >= 15 is 0 Å². The Labute approximate surface area is 114 Å². The lowest BCUT2D eigenvalue weighted by molar-refractivity contribution is -0.0565. The van der Waals surface area contributed by atoms with Gasteiger partial charge in [-0.1, -0.05) is 6.07 Å². The third-order valence-corrected chi connectivity index (χ3v) is 3.58. The fraction of sp³-hybridized carbons (Fsp3) is 0.600. The molecule has 1 fully saturated rings. The number of ether oxygens (including phenoxy) is 2. The molecule has 1 atom stereocenters. The summed E-state index contributed by atoms with van der Waals surface area (Å²) >= 11 is 0. The van der Waals surface area contributed by atoms with E-state index in [1.54, 1.807) is 12.1 Å². The van der Waals surface area contributed by atoms with Gasteiger partial charge in [-0.3, -0.25) is 4.90 Å². The Bertz CT molecular complexity index is 420. The molecular weight excluding hydrogens is 242 g/mol. The number of hydrogen-bond acceptors (Lipinski definition) is 4. The van der Waals surface area contributed by atoms with Crippen molar-refractivity contribution in [3.8, 4) is 11.5 Å². The van der Waals surface area contributed by atoms with Gasteiger partial charge in [0.1, 0.15) is 24.2 Å². The van der Waals surface area contributed by atoms with Crippen molar-refractivity contribution in [1.29, 1.82) is 0 Å². The van der Waals surface area contributed by atoms with E-state index in [-0.39, 0.29) is 11.9 Å². The van der Waals surface area contributed by atoms with E-state index in [4.69, 9.17) is 9.47 Å². The van der Waals surface area contributed by atoms with Crippen LogP contribution >= 0.6 is 0 Å². The minimum atomic E-state index is 0.0953. The molecule has 106 valence electrons. The van der Waals surface area contributed by atoms with Crippen LogP contribution in [0.1, 0.15) is 19.4 Å². The fourth-order valence-corrected chi connectivity index (χ4v) is 2.25. The van der Waals surface area contributed by atoms with Crippen LogP contribution in [0, 0.1) is 6.92 Å². The number of aromatic hydroxyl groups is 1. The average Bonchev–Trinajstić information content (AvgIpc) is 2.41. The Morgan fingerprint density at radius 1 is 1.47 bits per heavy atom. The minimum Gasteiger partial charge on any atom is -0.508 e. The molecule has 0 radical (unpaired) electrons. The van der Waals surface area contributed by atoms with Crippen molar-refractivity contribution in [2.45, 2.75) is 32.9 Å². The molecule has 1 N–H and O–H groups in total. The lowest BCUT2D eigenvalue weighted by Crippen LogP contribution is -2.47. The van der Waals surface area contributed by atoms with E-state index in [0.29, 0.717) is 12.6 Å². The zero-order valence-electron chi connectivity index (χ0n) is 11.9. The first-order valence-electron chi connectivity index (χ1n) is 6.85. The first-order valence-corrected chi connectivity index (χ1v) is 6.85.